The van der Waals surface area contributed by atoms with E-state index in [1.807, 2.05) is 6.20 Å². The largest absolute Gasteiger partial charge is 0.356 e. The number of hydrogen-bond donors (Lipinski definition) is 1. The van der Waals surface area contributed by atoms with E-state index >= 15 is 0 Å². The van der Waals surface area contributed by atoms with Gasteiger partial charge in [0.15, 0.2) is 0 Å². The van der Waals surface area contributed by atoms with E-state index in [9.17, 15) is 0 Å². The quantitative estimate of drug-likeness (QED) is 0.793. The summed E-state index contributed by atoms with van der Waals surface area (Å²) < 4.78 is 0. The molecule has 2 aromatic rings. The molecule has 0 radical (unpaired) electrons. The van der Waals surface area contributed by atoms with Crippen molar-refractivity contribution in [3.8, 4) is 0 Å². The summed E-state index contributed by atoms with van der Waals surface area (Å²) in [6.45, 7) is 0. The molecule has 0 atom stereocenters. The molecule has 0 unspecified atom stereocenters. The van der Waals surface area contributed by atoms with Gasteiger partial charge in [-0.05, 0) is 67.9 Å². The Labute approximate surface area is 151 Å². The zero-order valence-corrected chi connectivity index (χ0v) is 16.1. The standard InChI is InChI=1S/C20H30N4S/c1-24(20-18-10-11-21-19(18)22-14-23-20)17-8-6-16(7-9-17)13-25(2,3)12-15-4-5-15/h10-11,14-17H,2-9,12-13H2,1H3,(H,21,22,23). The molecular weight excluding hydrogens is 328 g/mol. The van der Waals surface area contributed by atoms with Gasteiger partial charge in [0.05, 0.1) is 5.39 Å². The number of anilines is 1. The molecule has 4 nitrogen and oxygen atoms in total. The Hall–Kier alpha value is -1.49. The first-order valence-electron chi connectivity index (χ1n) is 9.47. The minimum absolute atomic E-state index is 0.576. The van der Waals surface area contributed by atoms with Crippen LogP contribution in [0.4, 0.5) is 5.82 Å². The van der Waals surface area contributed by atoms with E-state index < -0.39 is 9.21 Å². The molecular formula is C20H30N4S. The monoisotopic (exact) mass is 358 g/mol. The van der Waals surface area contributed by atoms with Gasteiger partial charge >= 0.3 is 0 Å². The molecule has 2 saturated carbocycles. The summed E-state index contributed by atoms with van der Waals surface area (Å²) >= 11 is 0. The van der Waals surface area contributed by atoms with Gasteiger partial charge in [-0.2, -0.15) is 0 Å². The summed E-state index contributed by atoms with van der Waals surface area (Å²) in [5.74, 6) is 14.4. The minimum Gasteiger partial charge on any atom is -0.356 e. The van der Waals surface area contributed by atoms with Gasteiger partial charge in [0.1, 0.15) is 17.8 Å². The van der Waals surface area contributed by atoms with E-state index in [2.05, 4.69) is 44.7 Å². The van der Waals surface area contributed by atoms with Crippen LogP contribution in [0.3, 0.4) is 0 Å². The molecule has 4 rings (SSSR count). The topological polar surface area (TPSA) is 44.8 Å². The molecule has 2 fully saturated rings. The van der Waals surface area contributed by atoms with Gasteiger partial charge in [0, 0.05) is 19.3 Å². The predicted molar refractivity (Wildman–Crippen MR) is 112 cm³/mol. The summed E-state index contributed by atoms with van der Waals surface area (Å²) in [5, 5.41) is 1.12. The van der Waals surface area contributed by atoms with Gasteiger partial charge in [-0.15, -0.1) is 0 Å². The second kappa shape index (κ2) is 6.67. The van der Waals surface area contributed by atoms with Crippen LogP contribution in [0.1, 0.15) is 38.5 Å². The molecule has 0 saturated heterocycles. The Kier molecular flexibility index (Phi) is 4.52. The lowest BCUT2D eigenvalue weighted by molar-refractivity contribution is 0.344. The Morgan fingerprint density at radius 3 is 2.36 bits per heavy atom. The lowest BCUT2D eigenvalue weighted by atomic mass is 9.86. The van der Waals surface area contributed by atoms with E-state index in [0.717, 1.165) is 28.7 Å². The van der Waals surface area contributed by atoms with E-state index in [4.69, 9.17) is 0 Å². The van der Waals surface area contributed by atoms with Crippen molar-refractivity contribution in [1.29, 1.82) is 0 Å². The van der Waals surface area contributed by atoms with Crippen molar-refractivity contribution in [3.63, 3.8) is 0 Å². The molecule has 25 heavy (non-hydrogen) atoms. The number of H-pyrrole nitrogens is 1. The van der Waals surface area contributed by atoms with Gasteiger partial charge in [-0.25, -0.2) is 19.2 Å². The highest BCUT2D eigenvalue weighted by Crippen LogP contribution is 2.41. The molecule has 0 aromatic carbocycles. The van der Waals surface area contributed by atoms with Gasteiger partial charge in [0.2, 0.25) is 0 Å². The summed E-state index contributed by atoms with van der Waals surface area (Å²) in [4.78, 5) is 14.4. The smallest absolute Gasteiger partial charge is 0.142 e. The van der Waals surface area contributed by atoms with Crippen molar-refractivity contribution in [2.24, 2.45) is 11.8 Å². The summed E-state index contributed by atoms with van der Waals surface area (Å²) in [6.07, 6.45) is 11.6. The third-order valence-corrected chi connectivity index (χ3v) is 8.26. The first-order valence-corrected chi connectivity index (χ1v) is 11.8. The Morgan fingerprint density at radius 1 is 1.08 bits per heavy atom. The molecule has 2 aliphatic rings. The van der Waals surface area contributed by atoms with Crippen molar-refractivity contribution in [2.45, 2.75) is 44.6 Å². The highest BCUT2D eigenvalue weighted by molar-refractivity contribution is 8.27. The summed E-state index contributed by atoms with van der Waals surface area (Å²) in [7, 11) is 1.32. The van der Waals surface area contributed by atoms with Crippen molar-refractivity contribution < 1.29 is 0 Å². The first-order chi connectivity index (χ1) is 12.0. The Balaban J connectivity index is 1.37. The Bertz CT molecular complexity index is 826. The number of aromatic amines is 1. The van der Waals surface area contributed by atoms with Crippen molar-refractivity contribution in [1.82, 2.24) is 15.0 Å². The van der Waals surface area contributed by atoms with Gasteiger partial charge in [-0.1, -0.05) is 11.7 Å². The minimum atomic E-state index is -0.867. The second-order valence-electron chi connectivity index (χ2n) is 8.22. The fraction of sp³-hybridized carbons (Fsp3) is 0.600. The first kappa shape index (κ1) is 17.0. The van der Waals surface area contributed by atoms with Crippen LogP contribution in [-0.4, -0.2) is 51.3 Å². The van der Waals surface area contributed by atoms with Crippen LogP contribution in [0.25, 0.3) is 11.0 Å². The molecule has 0 amide bonds. The van der Waals surface area contributed by atoms with Gasteiger partial charge < -0.3 is 9.88 Å². The van der Waals surface area contributed by atoms with E-state index in [-0.39, 0.29) is 0 Å². The molecule has 1 N–H and O–H groups in total. The molecule has 0 bridgehead atoms. The molecule has 2 aromatic heterocycles. The second-order valence-corrected chi connectivity index (χ2v) is 11.3. The SMILES string of the molecule is C=S(=C)(CC1CC1)CC1CCC(N(C)c2ncnc3[nH]ccc23)CC1. The normalized spacial score (nSPS) is 24.5. The summed E-state index contributed by atoms with van der Waals surface area (Å²) in [5.41, 5.74) is 0.924. The van der Waals surface area contributed by atoms with E-state index in [0.29, 0.717) is 6.04 Å². The number of nitrogens with one attached hydrogen (secondary N) is 1. The zero-order valence-electron chi connectivity index (χ0n) is 15.3. The molecule has 0 spiro atoms. The fourth-order valence-corrected chi connectivity index (χ4v) is 7.17. The van der Waals surface area contributed by atoms with Crippen molar-refractivity contribution in [2.75, 3.05) is 23.5 Å². The molecule has 5 heteroatoms. The highest BCUT2D eigenvalue weighted by atomic mass is 32.2. The number of nitrogens with zero attached hydrogens (tertiary/aromatic N) is 3. The lowest BCUT2D eigenvalue weighted by Crippen LogP contribution is -2.36. The molecule has 0 aliphatic heterocycles. The Morgan fingerprint density at radius 2 is 1.72 bits per heavy atom. The van der Waals surface area contributed by atoms with Crippen LogP contribution in [0.2, 0.25) is 0 Å². The van der Waals surface area contributed by atoms with Crippen LogP contribution < -0.4 is 4.90 Å². The van der Waals surface area contributed by atoms with Crippen molar-refractivity contribution in [3.05, 3.63) is 18.6 Å². The van der Waals surface area contributed by atoms with Gasteiger partial charge in [0.25, 0.3) is 0 Å². The molecule has 136 valence electrons. The fourth-order valence-electron chi connectivity index (χ4n) is 4.36. The number of aromatic nitrogens is 3. The molecule has 2 heterocycles. The average Bonchev–Trinajstić information content (AvgIpc) is 3.25. The maximum atomic E-state index is 4.55. The highest BCUT2D eigenvalue weighted by Gasteiger charge is 2.28. The van der Waals surface area contributed by atoms with E-state index in [1.54, 1.807) is 6.33 Å². The third-order valence-electron chi connectivity index (χ3n) is 5.91. The zero-order chi connectivity index (χ0) is 17.4. The lowest BCUT2D eigenvalue weighted by Gasteiger charge is -2.36. The van der Waals surface area contributed by atoms with Crippen LogP contribution in [0.15, 0.2) is 18.6 Å². The summed E-state index contributed by atoms with van der Waals surface area (Å²) in [6, 6.07) is 2.65. The third kappa shape index (κ3) is 3.86. The van der Waals surface area contributed by atoms with Crippen LogP contribution in [0, 0.1) is 11.8 Å². The van der Waals surface area contributed by atoms with Crippen molar-refractivity contribution >= 4 is 37.8 Å². The molecule has 2 aliphatic carbocycles. The average molecular weight is 359 g/mol. The van der Waals surface area contributed by atoms with E-state index in [1.165, 1.54) is 50.0 Å². The number of hydrogen-bond acceptors (Lipinski definition) is 3. The number of fused-ring (bicyclic) bond motifs is 1. The number of rotatable bonds is 6. The van der Waals surface area contributed by atoms with Gasteiger partial charge in [-0.3, -0.25) is 0 Å². The maximum Gasteiger partial charge on any atom is 0.142 e. The predicted octanol–water partition coefficient (Wildman–Crippen LogP) is 4.03. The van der Waals surface area contributed by atoms with Crippen LogP contribution in [0.5, 0.6) is 0 Å². The maximum absolute atomic E-state index is 4.55. The van der Waals surface area contributed by atoms with Crippen LogP contribution >= 0.6 is 9.21 Å². The van der Waals surface area contributed by atoms with Crippen LogP contribution in [-0.2, 0) is 0 Å².